The summed E-state index contributed by atoms with van der Waals surface area (Å²) in [7, 11) is 0. The van der Waals surface area contributed by atoms with E-state index in [1.807, 2.05) is 12.1 Å². The number of rotatable bonds is 5. The van der Waals surface area contributed by atoms with Crippen molar-refractivity contribution < 1.29 is 9.47 Å². The second-order valence-electron chi connectivity index (χ2n) is 4.92. The van der Waals surface area contributed by atoms with Crippen LogP contribution in [0.4, 0.5) is 5.69 Å². The summed E-state index contributed by atoms with van der Waals surface area (Å²) in [4.78, 5) is 2.38. The third-order valence-corrected chi connectivity index (χ3v) is 3.58. The molecule has 1 aromatic carbocycles. The van der Waals surface area contributed by atoms with Gasteiger partial charge >= 0.3 is 0 Å². The van der Waals surface area contributed by atoms with Gasteiger partial charge in [-0.2, -0.15) is 0 Å². The minimum absolute atomic E-state index is 0.138. The van der Waals surface area contributed by atoms with Crippen LogP contribution >= 0.6 is 0 Å². The van der Waals surface area contributed by atoms with Crippen LogP contribution in [0.25, 0.3) is 0 Å². The van der Waals surface area contributed by atoms with Crippen LogP contribution in [0, 0.1) is 0 Å². The molecule has 106 valence electrons. The molecule has 4 nitrogen and oxygen atoms in total. The summed E-state index contributed by atoms with van der Waals surface area (Å²) >= 11 is 0. The quantitative estimate of drug-likeness (QED) is 0.826. The molecule has 0 spiro atoms. The Labute approximate surface area is 115 Å². The third-order valence-electron chi connectivity index (χ3n) is 3.58. The Morgan fingerprint density at radius 3 is 2.95 bits per heavy atom. The smallest absolute Gasteiger partial charge is 0.142 e. The van der Waals surface area contributed by atoms with Gasteiger partial charge in [0.25, 0.3) is 0 Å². The minimum Gasteiger partial charge on any atom is -0.489 e. The summed E-state index contributed by atoms with van der Waals surface area (Å²) in [5, 5.41) is 0. The summed E-state index contributed by atoms with van der Waals surface area (Å²) in [6.07, 6.45) is 1.13. The van der Waals surface area contributed by atoms with Gasteiger partial charge in [-0.25, -0.2) is 0 Å². The van der Waals surface area contributed by atoms with E-state index in [0.29, 0.717) is 12.3 Å². The Hall–Kier alpha value is -1.26. The Morgan fingerprint density at radius 1 is 1.42 bits per heavy atom. The zero-order valence-corrected chi connectivity index (χ0v) is 11.9. The van der Waals surface area contributed by atoms with Crippen molar-refractivity contribution in [2.75, 3.05) is 38.6 Å². The van der Waals surface area contributed by atoms with E-state index in [1.165, 1.54) is 5.56 Å². The van der Waals surface area contributed by atoms with Gasteiger partial charge in [-0.05, 0) is 30.7 Å². The van der Waals surface area contributed by atoms with Gasteiger partial charge in [-0.1, -0.05) is 19.9 Å². The van der Waals surface area contributed by atoms with Gasteiger partial charge in [0.05, 0.1) is 12.3 Å². The van der Waals surface area contributed by atoms with E-state index < -0.39 is 0 Å². The molecule has 1 aliphatic heterocycles. The molecular weight excluding hydrogens is 240 g/mol. The highest BCUT2D eigenvalue weighted by molar-refractivity contribution is 5.54. The van der Waals surface area contributed by atoms with Crippen molar-refractivity contribution in [3.8, 4) is 5.75 Å². The molecular formula is C15H24N2O2. The molecule has 1 aromatic rings. The number of hydrogen-bond acceptors (Lipinski definition) is 4. The lowest BCUT2D eigenvalue weighted by atomic mass is 10.1. The van der Waals surface area contributed by atoms with E-state index in [2.05, 4.69) is 24.8 Å². The lowest BCUT2D eigenvalue weighted by Gasteiger charge is -2.31. The molecule has 0 saturated carbocycles. The largest absolute Gasteiger partial charge is 0.489 e. The van der Waals surface area contributed by atoms with E-state index in [0.717, 1.165) is 38.4 Å². The van der Waals surface area contributed by atoms with Gasteiger partial charge in [0.15, 0.2) is 0 Å². The average Bonchev–Trinajstić information content (AvgIpc) is 2.46. The Morgan fingerprint density at radius 2 is 2.26 bits per heavy atom. The minimum atomic E-state index is 0.138. The normalized spacial score (nSPS) is 20.4. The van der Waals surface area contributed by atoms with Crippen molar-refractivity contribution in [2.45, 2.75) is 26.4 Å². The van der Waals surface area contributed by atoms with Gasteiger partial charge in [0.1, 0.15) is 18.5 Å². The van der Waals surface area contributed by atoms with Crippen molar-refractivity contribution in [1.82, 2.24) is 4.90 Å². The van der Waals surface area contributed by atoms with Crippen LogP contribution < -0.4 is 10.5 Å². The molecule has 1 saturated heterocycles. The Balaban J connectivity index is 1.88. The summed E-state index contributed by atoms with van der Waals surface area (Å²) in [6, 6.07) is 6.00. The standard InChI is InChI=1S/C15H24N2O2/c1-3-12-5-6-15(14(16)9-12)19-11-13-10-17(4-2)7-8-18-13/h5-6,9,13H,3-4,7-8,10-11,16H2,1-2H3. The van der Waals surface area contributed by atoms with Crippen LogP contribution in [0.5, 0.6) is 5.75 Å². The third kappa shape index (κ3) is 3.85. The van der Waals surface area contributed by atoms with Crippen LogP contribution in [-0.4, -0.2) is 43.9 Å². The van der Waals surface area contributed by atoms with Crippen LogP contribution in [0.3, 0.4) is 0 Å². The molecule has 0 aromatic heterocycles. The van der Waals surface area contributed by atoms with Crippen molar-refractivity contribution in [1.29, 1.82) is 0 Å². The number of ether oxygens (including phenoxy) is 2. The maximum Gasteiger partial charge on any atom is 0.142 e. The molecule has 0 bridgehead atoms. The molecule has 19 heavy (non-hydrogen) atoms. The highest BCUT2D eigenvalue weighted by Gasteiger charge is 2.20. The summed E-state index contributed by atoms with van der Waals surface area (Å²) in [5.41, 5.74) is 7.93. The number of likely N-dealkylation sites (N-methyl/N-ethyl adjacent to an activating group) is 1. The predicted octanol–water partition coefficient (Wildman–Crippen LogP) is 1.93. The molecule has 2 N–H and O–H groups in total. The molecule has 2 rings (SSSR count). The zero-order valence-electron chi connectivity index (χ0n) is 11.9. The molecule has 1 aliphatic rings. The van der Waals surface area contributed by atoms with E-state index >= 15 is 0 Å². The average molecular weight is 264 g/mol. The fourth-order valence-electron chi connectivity index (χ4n) is 2.30. The summed E-state index contributed by atoms with van der Waals surface area (Å²) < 4.78 is 11.5. The van der Waals surface area contributed by atoms with Gasteiger partial charge < -0.3 is 15.2 Å². The SMILES string of the molecule is CCc1ccc(OCC2CN(CC)CCO2)c(N)c1. The molecule has 4 heteroatoms. The number of nitrogen functional groups attached to an aromatic ring is 1. The first-order valence-electron chi connectivity index (χ1n) is 7.08. The van der Waals surface area contributed by atoms with Crippen LogP contribution in [0.15, 0.2) is 18.2 Å². The second kappa shape index (κ2) is 6.78. The number of nitrogens with zero attached hydrogens (tertiary/aromatic N) is 1. The summed E-state index contributed by atoms with van der Waals surface area (Å²) in [6.45, 7) is 8.64. The number of morpholine rings is 1. The molecule has 0 aliphatic carbocycles. The van der Waals surface area contributed by atoms with Crippen molar-refractivity contribution in [3.05, 3.63) is 23.8 Å². The lowest BCUT2D eigenvalue weighted by Crippen LogP contribution is -2.44. The first kappa shape index (κ1) is 14.2. The number of benzene rings is 1. The maximum atomic E-state index is 5.99. The molecule has 0 radical (unpaired) electrons. The van der Waals surface area contributed by atoms with Crippen molar-refractivity contribution in [3.63, 3.8) is 0 Å². The topological polar surface area (TPSA) is 47.7 Å². The number of hydrogen-bond donors (Lipinski definition) is 1. The van der Waals surface area contributed by atoms with E-state index in [-0.39, 0.29) is 6.10 Å². The summed E-state index contributed by atoms with van der Waals surface area (Å²) in [5.74, 6) is 0.759. The lowest BCUT2D eigenvalue weighted by molar-refractivity contribution is -0.0462. The molecule has 0 amide bonds. The fourth-order valence-corrected chi connectivity index (χ4v) is 2.30. The van der Waals surface area contributed by atoms with Crippen molar-refractivity contribution >= 4 is 5.69 Å². The predicted molar refractivity (Wildman–Crippen MR) is 77.6 cm³/mol. The maximum absolute atomic E-state index is 5.99. The zero-order chi connectivity index (χ0) is 13.7. The van der Waals surface area contributed by atoms with E-state index in [4.69, 9.17) is 15.2 Å². The first-order valence-corrected chi connectivity index (χ1v) is 7.08. The van der Waals surface area contributed by atoms with Gasteiger partial charge in [0, 0.05) is 13.1 Å². The number of nitrogens with two attached hydrogens (primary N) is 1. The Kier molecular flexibility index (Phi) is 5.05. The van der Waals surface area contributed by atoms with Gasteiger partial charge in [0.2, 0.25) is 0 Å². The highest BCUT2D eigenvalue weighted by Crippen LogP contribution is 2.23. The van der Waals surface area contributed by atoms with E-state index in [9.17, 15) is 0 Å². The molecule has 1 fully saturated rings. The number of anilines is 1. The number of aryl methyl sites for hydroxylation is 1. The van der Waals surface area contributed by atoms with Gasteiger partial charge in [-0.15, -0.1) is 0 Å². The van der Waals surface area contributed by atoms with Crippen LogP contribution in [0.2, 0.25) is 0 Å². The highest BCUT2D eigenvalue weighted by atomic mass is 16.5. The fraction of sp³-hybridized carbons (Fsp3) is 0.600. The molecule has 1 unspecified atom stereocenters. The molecule has 1 atom stereocenters. The molecule has 1 heterocycles. The van der Waals surface area contributed by atoms with E-state index in [1.54, 1.807) is 0 Å². The first-order chi connectivity index (χ1) is 9.22. The Bertz CT molecular complexity index is 409. The second-order valence-corrected chi connectivity index (χ2v) is 4.92. The van der Waals surface area contributed by atoms with Crippen molar-refractivity contribution in [2.24, 2.45) is 0 Å². The monoisotopic (exact) mass is 264 g/mol. The van der Waals surface area contributed by atoms with Crippen LogP contribution in [-0.2, 0) is 11.2 Å². The van der Waals surface area contributed by atoms with Gasteiger partial charge in [-0.3, -0.25) is 4.90 Å². The van der Waals surface area contributed by atoms with Crippen LogP contribution in [0.1, 0.15) is 19.4 Å².